The molecule has 2 aromatic rings. The zero-order valence-electron chi connectivity index (χ0n) is 17.3. The summed E-state index contributed by atoms with van der Waals surface area (Å²) in [5.41, 5.74) is 1.58. The quantitative estimate of drug-likeness (QED) is 0.658. The fourth-order valence-corrected chi connectivity index (χ4v) is 5.01. The summed E-state index contributed by atoms with van der Waals surface area (Å²) in [4.78, 5) is 12.6. The van der Waals surface area contributed by atoms with Crippen LogP contribution < -0.4 is 10.1 Å². The Morgan fingerprint density at radius 3 is 2.67 bits per heavy atom. The Kier molecular flexibility index (Phi) is 7.47. The summed E-state index contributed by atoms with van der Waals surface area (Å²) in [5.74, 6) is -0.116. The van der Waals surface area contributed by atoms with Crippen LogP contribution in [0.5, 0.6) is 5.75 Å². The van der Waals surface area contributed by atoms with Gasteiger partial charge in [-0.15, -0.1) is 0 Å². The molecule has 1 saturated heterocycles. The lowest BCUT2D eigenvalue weighted by Gasteiger charge is -2.23. The number of ether oxygens (including phenoxy) is 2. The molecule has 3 rings (SSSR count). The van der Waals surface area contributed by atoms with E-state index < -0.39 is 10.0 Å². The molecule has 2 aromatic carbocycles. The van der Waals surface area contributed by atoms with Gasteiger partial charge in [0.1, 0.15) is 10.6 Å². The van der Waals surface area contributed by atoms with E-state index in [0.29, 0.717) is 13.2 Å². The van der Waals surface area contributed by atoms with Crippen molar-refractivity contribution in [3.05, 3.63) is 59.7 Å². The average Bonchev–Trinajstić information content (AvgIpc) is 3.26. The molecule has 1 heterocycles. The predicted molar refractivity (Wildman–Crippen MR) is 114 cm³/mol. The smallest absolute Gasteiger partial charge is 0.247 e. The molecule has 0 radical (unpaired) electrons. The first-order chi connectivity index (χ1) is 14.4. The van der Waals surface area contributed by atoms with Crippen molar-refractivity contribution in [1.82, 2.24) is 9.62 Å². The molecule has 1 atom stereocenters. The van der Waals surface area contributed by atoms with Crippen molar-refractivity contribution in [2.45, 2.75) is 37.3 Å². The molecule has 1 fully saturated rings. The fraction of sp³-hybridized carbons (Fsp3) is 0.409. The van der Waals surface area contributed by atoms with Gasteiger partial charge >= 0.3 is 0 Å². The fourth-order valence-electron chi connectivity index (χ4n) is 3.39. The number of rotatable bonds is 9. The molecule has 162 valence electrons. The van der Waals surface area contributed by atoms with Gasteiger partial charge in [0.05, 0.1) is 19.8 Å². The molecule has 0 bridgehead atoms. The summed E-state index contributed by atoms with van der Waals surface area (Å²) in [6.07, 6.45) is 1.86. The van der Waals surface area contributed by atoms with Crippen molar-refractivity contribution >= 4 is 15.9 Å². The normalized spacial score (nSPS) is 16.6. The molecule has 1 amide bonds. The summed E-state index contributed by atoms with van der Waals surface area (Å²) in [6.45, 7) is 2.68. The maximum atomic E-state index is 13.5. The van der Waals surface area contributed by atoms with E-state index in [9.17, 15) is 13.2 Å². The molecular formula is C22H28N2O5S. The number of carbonyl (C=O) groups is 1. The first kappa shape index (κ1) is 22.3. The Bertz CT molecular complexity index is 957. The molecule has 0 spiro atoms. The van der Waals surface area contributed by atoms with Crippen LogP contribution in [-0.4, -0.2) is 51.5 Å². The maximum Gasteiger partial charge on any atom is 0.247 e. The number of amides is 1. The van der Waals surface area contributed by atoms with E-state index in [1.165, 1.54) is 11.4 Å². The van der Waals surface area contributed by atoms with E-state index in [2.05, 4.69) is 5.32 Å². The van der Waals surface area contributed by atoms with E-state index in [0.717, 1.165) is 24.0 Å². The lowest BCUT2D eigenvalue weighted by molar-refractivity contribution is -0.121. The molecule has 1 N–H and O–H groups in total. The Hall–Kier alpha value is -2.42. The lowest BCUT2D eigenvalue weighted by atomic mass is 10.2. The first-order valence-electron chi connectivity index (χ1n) is 9.97. The minimum Gasteiger partial charge on any atom is -0.495 e. The van der Waals surface area contributed by atoms with Crippen LogP contribution in [0.4, 0.5) is 0 Å². The highest BCUT2D eigenvalue weighted by Crippen LogP contribution is 2.28. The summed E-state index contributed by atoms with van der Waals surface area (Å²) >= 11 is 0. The van der Waals surface area contributed by atoms with Gasteiger partial charge in [-0.25, -0.2) is 8.42 Å². The van der Waals surface area contributed by atoms with Crippen LogP contribution in [0, 0.1) is 6.92 Å². The van der Waals surface area contributed by atoms with E-state index in [-0.39, 0.29) is 35.7 Å². The van der Waals surface area contributed by atoms with Crippen molar-refractivity contribution in [3.63, 3.8) is 0 Å². The number of nitrogens with one attached hydrogen (secondary N) is 1. The van der Waals surface area contributed by atoms with Gasteiger partial charge in [0, 0.05) is 19.7 Å². The number of carbonyl (C=O) groups excluding carboxylic acids is 1. The predicted octanol–water partition coefficient (Wildman–Crippen LogP) is 2.49. The molecule has 30 heavy (non-hydrogen) atoms. The molecule has 0 aromatic heterocycles. The summed E-state index contributed by atoms with van der Waals surface area (Å²) in [6, 6.07) is 14.2. The number of sulfonamides is 1. The number of nitrogens with zero attached hydrogens (tertiary/aromatic N) is 1. The largest absolute Gasteiger partial charge is 0.495 e. The van der Waals surface area contributed by atoms with Gasteiger partial charge < -0.3 is 14.8 Å². The number of methoxy groups -OCH3 is 1. The van der Waals surface area contributed by atoms with Gasteiger partial charge in [-0.05, 0) is 43.0 Å². The second-order valence-corrected chi connectivity index (χ2v) is 9.26. The van der Waals surface area contributed by atoms with Gasteiger partial charge in [-0.1, -0.05) is 36.4 Å². The zero-order valence-corrected chi connectivity index (χ0v) is 18.2. The molecule has 7 nitrogen and oxygen atoms in total. The van der Waals surface area contributed by atoms with Crippen LogP contribution in [0.1, 0.15) is 24.0 Å². The van der Waals surface area contributed by atoms with Crippen LogP contribution in [0.2, 0.25) is 0 Å². The minimum atomic E-state index is -3.98. The highest BCUT2D eigenvalue weighted by atomic mass is 32.2. The SMILES string of the molecule is COc1ccc(C)cc1S(=O)(=O)N(CC(=O)NC[C@@H]1CCCO1)Cc1ccccc1. The number of hydrogen-bond acceptors (Lipinski definition) is 5. The van der Waals surface area contributed by atoms with Gasteiger partial charge in [0.2, 0.25) is 15.9 Å². The number of hydrogen-bond donors (Lipinski definition) is 1. The van der Waals surface area contributed by atoms with E-state index in [4.69, 9.17) is 9.47 Å². The maximum absolute atomic E-state index is 13.5. The third-order valence-corrected chi connectivity index (χ3v) is 6.82. The van der Waals surface area contributed by atoms with Gasteiger partial charge in [-0.2, -0.15) is 4.31 Å². The summed E-state index contributed by atoms with van der Waals surface area (Å²) in [7, 11) is -2.55. The van der Waals surface area contributed by atoms with Gasteiger partial charge in [-0.3, -0.25) is 4.79 Å². The highest BCUT2D eigenvalue weighted by molar-refractivity contribution is 7.89. The Labute approximate surface area is 178 Å². The molecule has 0 saturated carbocycles. The molecule has 0 unspecified atom stereocenters. The van der Waals surface area contributed by atoms with Crippen molar-refractivity contribution in [3.8, 4) is 5.75 Å². The highest BCUT2D eigenvalue weighted by Gasteiger charge is 2.30. The van der Waals surface area contributed by atoms with E-state index in [1.807, 2.05) is 37.3 Å². The standard InChI is InChI=1S/C22H28N2O5S/c1-17-10-11-20(28-2)21(13-17)30(26,27)24(15-18-7-4-3-5-8-18)16-22(25)23-14-19-9-6-12-29-19/h3-5,7-8,10-11,13,19H,6,9,12,14-16H2,1-2H3,(H,23,25)/t19-/m0/s1. The lowest BCUT2D eigenvalue weighted by Crippen LogP contribution is -2.42. The van der Waals surface area contributed by atoms with Gasteiger partial charge in [0.25, 0.3) is 0 Å². The van der Waals surface area contributed by atoms with Crippen LogP contribution >= 0.6 is 0 Å². The zero-order chi connectivity index (χ0) is 21.6. The number of aryl methyl sites for hydroxylation is 1. The van der Waals surface area contributed by atoms with Crippen LogP contribution in [0.15, 0.2) is 53.4 Å². The van der Waals surface area contributed by atoms with E-state index in [1.54, 1.807) is 18.2 Å². The van der Waals surface area contributed by atoms with Crippen molar-refractivity contribution in [2.24, 2.45) is 0 Å². The molecular weight excluding hydrogens is 404 g/mol. The molecule has 0 aliphatic carbocycles. The summed E-state index contributed by atoms with van der Waals surface area (Å²) < 4.78 is 39.0. The second-order valence-electron chi connectivity index (χ2n) is 7.35. The molecule has 1 aliphatic rings. The summed E-state index contributed by atoms with van der Waals surface area (Å²) in [5, 5.41) is 2.80. The molecule has 1 aliphatic heterocycles. The second kappa shape index (κ2) is 10.1. The van der Waals surface area contributed by atoms with Crippen LogP contribution in [0.3, 0.4) is 0 Å². The van der Waals surface area contributed by atoms with E-state index >= 15 is 0 Å². The van der Waals surface area contributed by atoms with Crippen LogP contribution in [-0.2, 0) is 26.1 Å². The third-order valence-electron chi connectivity index (χ3n) is 5.01. The third kappa shape index (κ3) is 5.59. The van der Waals surface area contributed by atoms with Gasteiger partial charge in [0.15, 0.2) is 0 Å². The minimum absolute atomic E-state index is 0.00926. The monoisotopic (exact) mass is 432 g/mol. The van der Waals surface area contributed by atoms with Crippen molar-refractivity contribution < 1.29 is 22.7 Å². The topological polar surface area (TPSA) is 84.9 Å². The molecule has 8 heteroatoms. The van der Waals surface area contributed by atoms with Crippen molar-refractivity contribution in [1.29, 1.82) is 0 Å². The first-order valence-corrected chi connectivity index (χ1v) is 11.4. The van der Waals surface area contributed by atoms with Crippen LogP contribution in [0.25, 0.3) is 0 Å². The van der Waals surface area contributed by atoms with Crippen molar-refractivity contribution in [2.75, 3.05) is 26.8 Å². The number of benzene rings is 2. The Morgan fingerprint density at radius 2 is 2.00 bits per heavy atom. The Morgan fingerprint density at radius 1 is 1.23 bits per heavy atom. The average molecular weight is 433 g/mol. The Balaban J connectivity index is 1.84.